The molecule has 0 bridgehead atoms. The highest BCUT2D eigenvalue weighted by molar-refractivity contribution is 5.62. The van der Waals surface area contributed by atoms with Crippen LogP contribution in [-0.2, 0) is 0 Å². The Labute approximate surface area is 81.8 Å². The summed E-state index contributed by atoms with van der Waals surface area (Å²) in [4.78, 5) is 0. The van der Waals surface area contributed by atoms with Gasteiger partial charge in [-0.15, -0.1) is 0 Å². The Morgan fingerprint density at radius 3 is 2.43 bits per heavy atom. The molecule has 1 heterocycles. The third kappa shape index (κ3) is 1.37. The number of rotatable bonds is 1. The van der Waals surface area contributed by atoms with Crippen LogP contribution in [0.1, 0.15) is 5.56 Å². The molecule has 0 amide bonds. The lowest BCUT2D eigenvalue weighted by molar-refractivity contribution is 0.627. The molecule has 0 saturated carbocycles. The fourth-order valence-corrected chi connectivity index (χ4v) is 1.60. The van der Waals surface area contributed by atoms with E-state index < -0.39 is 0 Å². The standard InChI is InChI=1S/C11H11FN2/c1-8-6-9(12)7-10(13)11(8)14-4-2-3-5-14/h2-7H,13H2,1H3. The monoisotopic (exact) mass is 190 g/mol. The van der Waals surface area contributed by atoms with Crippen LogP contribution in [0.3, 0.4) is 0 Å². The lowest BCUT2D eigenvalue weighted by Crippen LogP contribution is -2.01. The maximum absolute atomic E-state index is 13.0. The molecule has 0 aliphatic carbocycles. The molecule has 0 aliphatic heterocycles. The first-order valence-electron chi connectivity index (χ1n) is 4.37. The number of nitrogen functional groups attached to an aromatic ring is 1. The zero-order chi connectivity index (χ0) is 10.1. The van der Waals surface area contributed by atoms with Crippen molar-refractivity contribution in [3.05, 3.63) is 48.0 Å². The van der Waals surface area contributed by atoms with E-state index in [1.165, 1.54) is 12.1 Å². The lowest BCUT2D eigenvalue weighted by Gasteiger charge is -2.10. The first-order chi connectivity index (χ1) is 6.68. The third-order valence-electron chi connectivity index (χ3n) is 2.16. The second kappa shape index (κ2) is 3.18. The van der Waals surface area contributed by atoms with Gasteiger partial charge in [0, 0.05) is 12.4 Å². The van der Waals surface area contributed by atoms with Gasteiger partial charge in [-0.3, -0.25) is 0 Å². The van der Waals surface area contributed by atoms with Crippen molar-refractivity contribution in [3.8, 4) is 5.69 Å². The summed E-state index contributed by atoms with van der Waals surface area (Å²) in [6.07, 6.45) is 3.77. The van der Waals surface area contributed by atoms with E-state index in [1.807, 2.05) is 36.0 Å². The van der Waals surface area contributed by atoms with Crippen molar-refractivity contribution < 1.29 is 4.39 Å². The fraction of sp³-hybridized carbons (Fsp3) is 0.0909. The van der Waals surface area contributed by atoms with Gasteiger partial charge in [0.2, 0.25) is 0 Å². The maximum Gasteiger partial charge on any atom is 0.125 e. The van der Waals surface area contributed by atoms with Gasteiger partial charge in [-0.25, -0.2) is 4.39 Å². The van der Waals surface area contributed by atoms with Gasteiger partial charge in [-0.1, -0.05) is 0 Å². The molecule has 2 aromatic rings. The van der Waals surface area contributed by atoms with Crippen molar-refractivity contribution in [1.29, 1.82) is 0 Å². The second-order valence-corrected chi connectivity index (χ2v) is 3.25. The summed E-state index contributed by atoms with van der Waals surface area (Å²) in [6, 6.07) is 6.62. The van der Waals surface area contributed by atoms with Crippen LogP contribution in [0.25, 0.3) is 5.69 Å². The summed E-state index contributed by atoms with van der Waals surface area (Å²) in [7, 11) is 0. The maximum atomic E-state index is 13.0. The van der Waals surface area contributed by atoms with E-state index in [0.29, 0.717) is 5.69 Å². The Kier molecular flexibility index (Phi) is 2.00. The molecular weight excluding hydrogens is 179 g/mol. The fourth-order valence-electron chi connectivity index (χ4n) is 1.60. The molecule has 1 aromatic carbocycles. The zero-order valence-corrected chi connectivity index (χ0v) is 7.87. The molecule has 2 rings (SSSR count). The number of anilines is 1. The molecule has 2 N–H and O–H groups in total. The van der Waals surface area contributed by atoms with Crippen LogP contribution in [0, 0.1) is 12.7 Å². The van der Waals surface area contributed by atoms with Gasteiger partial charge in [-0.05, 0) is 36.8 Å². The Morgan fingerprint density at radius 1 is 1.21 bits per heavy atom. The van der Waals surface area contributed by atoms with Crippen molar-refractivity contribution in [2.45, 2.75) is 6.92 Å². The summed E-state index contributed by atoms with van der Waals surface area (Å²) in [5, 5.41) is 0. The van der Waals surface area contributed by atoms with E-state index >= 15 is 0 Å². The quantitative estimate of drug-likeness (QED) is 0.688. The Hall–Kier alpha value is -1.77. The second-order valence-electron chi connectivity index (χ2n) is 3.25. The van der Waals surface area contributed by atoms with E-state index in [0.717, 1.165) is 11.3 Å². The number of halogens is 1. The minimum Gasteiger partial charge on any atom is -0.397 e. The summed E-state index contributed by atoms with van der Waals surface area (Å²) < 4.78 is 14.8. The van der Waals surface area contributed by atoms with E-state index in [4.69, 9.17) is 5.73 Å². The van der Waals surface area contributed by atoms with Crippen molar-refractivity contribution in [2.24, 2.45) is 0 Å². The molecule has 0 atom stereocenters. The Morgan fingerprint density at radius 2 is 1.86 bits per heavy atom. The van der Waals surface area contributed by atoms with Gasteiger partial charge in [0.25, 0.3) is 0 Å². The smallest absolute Gasteiger partial charge is 0.125 e. The number of nitrogens with zero attached hydrogens (tertiary/aromatic N) is 1. The lowest BCUT2D eigenvalue weighted by atomic mass is 10.1. The number of aromatic nitrogens is 1. The van der Waals surface area contributed by atoms with Crippen LogP contribution in [0.2, 0.25) is 0 Å². The average molecular weight is 190 g/mol. The molecule has 0 fully saturated rings. The highest BCUT2D eigenvalue weighted by Gasteiger charge is 2.06. The summed E-state index contributed by atoms with van der Waals surface area (Å²) in [5.74, 6) is -0.295. The molecule has 72 valence electrons. The minimum atomic E-state index is -0.295. The molecule has 1 aromatic heterocycles. The summed E-state index contributed by atoms with van der Waals surface area (Å²) in [5.41, 5.74) is 7.89. The van der Waals surface area contributed by atoms with Crippen LogP contribution in [0.5, 0.6) is 0 Å². The van der Waals surface area contributed by atoms with Gasteiger partial charge in [-0.2, -0.15) is 0 Å². The minimum absolute atomic E-state index is 0.295. The van der Waals surface area contributed by atoms with Gasteiger partial charge >= 0.3 is 0 Å². The third-order valence-corrected chi connectivity index (χ3v) is 2.16. The molecular formula is C11H11FN2. The van der Waals surface area contributed by atoms with Crippen LogP contribution in [0.15, 0.2) is 36.7 Å². The van der Waals surface area contributed by atoms with Crippen LogP contribution < -0.4 is 5.73 Å². The molecule has 3 heteroatoms. The molecule has 0 spiro atoms. The van der Waals surface area contributed by atoms with Gasteiger partial charge < -0.3 is 10.3 Å². The van der Waals surface area contributed by atoms with Crippen molar-refractivity contribution in [3.63, 3.8) is 0 Å². The first kappa shape index (κ1) is 8.81. The molecule has 2 nitrogen and oxygen atoms in total. The van der Waals surface area contributed by atoms with E-state index in [1.54, 1.807) is 0 Å². The van der Waals surface area contributed by atoms with E-state index in [-0.39, 0.29) is 5.82 Å². The van der Waals surface area contributed by atoms with Gasteiger partial charge in [0.1, 0.15) is 5.82 Å². The molecule has 0 aliphatic rings. The number of hydrogen-bond acceptors (Lipinski definition) is 1. The molecule has 0 unspecified atom stereocenters. The molecule has 0 radical (unpaired) electrons. The van der Waals surface area contributed by atoms with Crippen LogP contribution in [-0.4, -0.2) is 4.57 Å². The molecule has 0 saturated heterocycles. The average Bonchev–Trinajstić information content (AvgIpc) is 2.54. The van der Waals surface area contributed by atoms with Crippen molar-refractivity contribution in [1.82, 2.24) is 4.57 Å². The molecule has 14 heavy (non-hydrogen) atoms. The van der Waals surface area contributed by atoms with Crippen molar-refractivity contribution >= 4 is 5.69 Å². The van der Waals surface area contributed by atoms with Gasteiger partial charge in [0.05, 0.1) is 11.4 Å². The number of nitrogens with two attached hydrogens (primary N) is 1. The van der Waals surface area contributed by atoms with E-state index in [2.05, 4.69) is 0 Å². The summed E-state index contributed by atoms with van der Waals surface area (Å²) in [6.45, 7) is 1.84. The Balaban J connectivity index is 2.64. The number of hydrogen-bond donors (Lipinski definition) is 1. The normalized spacial score (nSPS) is 10.4. The highest BCUT2D eigenvalue weighted by atomic mass is 19.1. The largest absolute Gasteiger partial charge is 0.397 e. The van der Waals surface area contributed by atoms with Crippen molar-refractivity contribution in [2.75, 3.05) is 5.73 Å². The first-order valence-corrected chi connectivity index (χ1v) is 4.37. The predicted molar refractivity (Wildman–Crippen MR) is 54.9 cm³/mol. The Bertz CT molecular complexity index is 423. The number of benzene rings is 1. The van der Waals surface area contributed by atoms with Crippen LogP contribution in [0.4, 0.5) is 10.1 Å². The van der Waals surface area contributed by atoms with E-state index in [9.17, 15) is 4.39 Å². The number of aryl methyl sites for hydroxylation is 1. The predicted octanol–water partition coefficient (Wildman–Crippen LogP) is 2.51. The highest BCUT2D eigenvalue weighted by Crippen LogP contribution is 2.22. The van der Waals surface area contributed by atoms with Gasteiger partial charge in [0.15, 0.2) is 0 Å². The topological polar surface area (TPSA) is 30.9 Å². The summed E-state index contributed by atoms with van der Waals surface area (Å²) >= 11 is 0. The SMILES string of the molecule is Cc1cc(F)cc(N)c1-n1cccc1. The van der Waals surface area contributed by atoms with Crippen LogP contribution >= 0.6 is 0 Å². The zero-order valence-electron chi connectivity index (χ0n) is 7.87.